The van der Waals surface area contributed by atoms with Crippen molar-refractivity contribution in [3.63, 3.8) is 0 Å². The number of aliphatic hydroxyl groups excluding tert-OH is 1. The molecular formula is C9H11F2N3O3. The zero-order valence-electron chi connectivity index (χ0n) is 8.66. The molecule has 0 bridgehead atoms. The fraction of sp³-hybridized carbons (Fsp3) is 0.556. The van der Waals surface area contributed by atoms with Gasteiger partial charge in [0, 0.05) is 6.20 Å². The van der Waals surface area contributed by atoms with Crippen LogP contribution in [0.15, 0.2) is 17.1 Å². The number of alkyl halides is 2. The van der Waals surface area contributed by atoms with Crippen LogP contribution in [0, 0.1) is 0 Å². The molecule has 1 saturated heterocycles. The van der Waals surface area contributed by atoms with E-state index in [1.807, 2.05) is 0 Å². The van der Waals surface area contributed by atoms with Crippen LogP contribution < -0.4 is 11.4 Å². The number of hydrogen-bond donors (Lipinski definition) is 2. The number of anilines is 1. The molecule has 1 aromatic rings. The van der Waals surface area contributed by atoms with Crippen molar-refractivity contribution in [1.29, 1.82) is 0 Å². The number of aromatic nitrogens is 2. The zero-order valence-corrected chi connectivity index (χ0v) is 8.66. The van der Waals surface area contributed by atoms with E-state index in [1.165, 1.54) is 12.3 Å². The van der Waals surface area contributed by atoms with Crippen LogP contribution >= 0.6 is 0 Å². The average Bonchev–Trinajstić information content (AvgIpc) is 2.57. The van der Waals surface area contributed by atoms with Crippen LogP contribution in [0.1, 0.15) is 6.23 Å². The second-order valence-corrected chi connectivity index (χ2v) is 3.68. The van der Waals surface area contributed by atoms with E-state index in [0.717, 1.165) is 4.57 Å². The van der Waals surface area contributed by atoms with Crippen molar-refractivity contribution in [1.82, 2.24) is 9.55 Å². The van der Waals surface area contributed by atoms with Crippen molar-refractivity contribution in [2.24, 2.45) is 0 Å². The summed E-state index contributed by atoms with van der Waals surface area (Å²) in [6, 6.07) is 1.27. The number of rotatable bonds is 2. The van der Waals surface area contributed by atoms with Crippen LogP contribution in [0.3, 0.4) is 0 Å². The highest BCUT2D eigenvalue weighted by Crippen LogP contribution is 2.32. The summed E-state index contributed by atoms with van der Waals surface area (Å²) in [7, 11) is 0. The molecule has 0 radical (unpaired) electrons. The van der Waals surface area contributed by atoms with Gasteiger partial charge in [-0.3, -0.25) is 4.57 Å². The van der Waals surface area contributed by atoms with Crippen LogP contribution in [0.5, 0.6) is 0 Å². The minimum Gasteiger partial charge on any atom is -0.394 e. The van der Waals surface area contributed by atoms with Gasteiger partial charge < -0.3 is 15.6 Å². The third-order valence-electron chi connectivity index (χ3n) is 2.55. The molecule has 3 N–H and O–H groups in total. The first-order chi connectivity index (χ1) is 8.04. The Labute approximate surface area is 94.6 Å². The van der Waals surface area contributed by atoms with E-state index in [1.54, 1.807) is 0 Å². The van der Waals surface area contributed by atoms with Crippen LogP contribution in [0.4, 0.5) is 14.6 Å². The lowest BCUT2D eigenvalue weighted by Crippen LogP contribution is -2.32. The SMILES string of the molecule is Nc1ccn(C2OC(CO)C([18F])C2F)c(=O)n1. The Morgan fingerprint density at radius 1 is 1.53 bits per heavy atom. The Hall–Kier alpha value is -1.54. The second-order valence-electron chi connectivity index (χ2n) is 3.68. The second kappa shape index (κ2) is 4.38. The molecule has 0 spiro atoms. The van der Waals surface area contributed by atoms with Crippen molar-refractivity contribution < 1.29 is 18.6 Å². The summed E-state index contributed by atoms with van der Waals surface area (Å²) in [6.07, 6.45) is -5.54. The van der Waals surface area contributed by atoms with Gasteiger partial charge in [-0.25, -0.2) is 13.6 Å². The number of nitrogen functional groups attached to an aromatic ring is 1. The lowest BCUT2D eigenvalue weighted by Gasteiger charge is -2.15. The number of hydrogen-bond acceptors (Lipinski definition) is 5. The van der Waals surface area contributed by atoms with Gasteiger partial charge in [0.1, 0.15) is 11.9 Å². The van der Waals surface area contributed by atoms with Crippen LogP contribution in [0.2, 0.25) is 0 Å². The highest BCUT2D eigenvalue weighted by molar-refractivity contribution is 5.23. The summed E-state index contributed by atoms with van der Waals surface area (Å²) in [6.45, 7) is -0.658. The van der Waals surface area contributed by atoms with Gasteiger partial charge in [0.2, 0.25) is 0 Å². The van der Waals surface area contributed by atoms with E-state index in [4.69, 9.17) is 15.6 Å². The largest absolute Gasteiger partial charge is 0.394 e. The Morgan fingerprint density at radius 3 is 2.76 bits per heavy atom. The van der Waals surface area contributed by atoms with E-state index < -0.39 is 37.0 Å². The molecular weight excluding hydrogens is 235 g/mol. The number of ether oxygens (including phenoxy) is 1. The maximum absolute atomic E-state index is 13.6. The third-order valence-corrected chi connectivity index (χ3v) is 2.55. The molecule has 17 heavy (non-hydrogen) atoms. The molecule has 4 unspecified atom stereocenters. The maximum atomic E-state index is 13.6. The van der Waals surface area contributed by atoms with Crippen molar-refractivity contribution in [3.05, 3.63) is 22.7 Å². The van der Waals surface area contributed by atoms with E-state index in [2.05, 4.69) is 4.98 Å². The number of nitrogens with zero attached hydrogens (tertiary/aromatic N) is 2. The Balaban J connectivity index is 2.32. The van der Waals surface area contributed by atoms with Gasteiger partial charge in [0.15, 0.2) is 18.6 Å². The smallest absolute Gasteiger partial charge is 0.351 e. The number of nitrogens with two attached hydrogens (primary N) is 1. The van der Waals surface area contributed by atoms with Gasteiger partial charge in [-0.1, -0.05) is 0 Å². The van der Waals surface area contributed by atoms with E-state index >= 15 is 0 Å². The lowest BCUT2D eigenvalue weighted by atomic mass is 10.2. The molecule has 4 atom stereocenters. The fourth-order valence-electron chi connectivity index (χ4n) is 1.67. The molecule has 0 saturated carbocycles. The topological polar surface area (TPSA) is 90.4 Å². The molecule has 94 valence electrons. The normalized spacial score (nSPS) is 32.9. The Bertz CT molecular complexity index is 467. The molecule has 1 aliphatic heterocycles. The fourth-order valence-corrected chi connectivity index (χ4v) is 1.67. The van der Waals surface area contributed by atoms with Crippen LogP contribution in [-0.4, -0.2) is 39.7 Å². The first-order valence-electron chi connectivity index (χ1n) is 4.93. The van der Waals surface area contributed by atoms with E-state index in [0.29, 0.717) is 0 Å². The zero-order chi connectivity index (χ0) is 12.6. The summed E-state index contributed by atoms with van der Waals surface area (Å²) in [5, 5.41) is 8.78. The summed E-state index contributed by atoms with van der Waals surface area (Å²) in [5.74, 6) is -0.0184. The van der Waals surface area contributed by atoms with Gasteiger partial charge in [0.25, 0.3) is 0 Å². The van der Waals surface area contributed by atoms with Crippen molar-refractivity contribution >= 4 is 5.82 Å². The highest BCUT2D eigenvalue weighted by Gasteiger charge is 2.46. The van der Waals surface area contributed by atoms with Crippen LogP contribution in [-0.2, 0) is 4.74 Å². The van der Waals surface area contributed by atoms with Gasteiger partial charge in [-0.15, -0.1) is 0 Å². The molecule has 2 heterocycles. The highest BCUT2D eigenvalue weighted by atomic mass is 19.1. The molecule has 1 aromatic heterocycles. The molecule has 2 rings (SSSR count). The number of aliphatic hydroxyl groups is 1. The third kappa shape index (κ3) is 2.01. The van der Waals surface area contributed by atoms with Gasteiger partial charge in [-0.05, 0) is 6.07 Å². The lowest BCUT2D eigenvalue weighted by molar-refractivity contribution is -0.0436. The first-order valence-corrected chi connectivity index (χ1v) is 4.93. The Kier molecular flexibility index (Phi) is 3.07. The minimum atomic E-state index is -2.03. The Morgan fingerprint density at radius 2 is 2.24 bits per heavy atom. The monoisotopic (exact) mass is 246 g/mol. The molecule has 8 heteroatoms. The number of halogens is 2. The summed E-state index contributed by atoms with van der Waals surface area (Å²) in [5.41, 5.74) is 4.44. The molecule has 0 amide bonds. The predicted molar refractivity (Wildman–Crippen MR) is 53.7 cm³/mol. The molecule has 1 fully saturated rings. The quantitative estimate of drug-likeness (QED) is 0.726. The van der Waals surface area contributed by atoms with Gasteiger partial charge in [0.05, 0.1) is 6.61 Å². The summed E-state index contributed by atoms with van der Waals surface area (Å²) in [4.78, 5) is 14.8. The molecule has 0 aromatic carbocycles. The summed E-state index contributed by atoms with van der Waals surface area (Å²) < 4.78 is 32.6. The molecule has 0 aliphatic carbocycles. The molecule has 1 aliphatic rings. The van der Waals surface area contributed by atoms with Crippen molar-refractivity contribution in [2.45, 2.75) is 24.7 Å². The standard InChI is InChI=1S/C9H11F2N3O3/c10-6-4(3-15)17-8(7(6)11)14-2-1-5(12)13-9(14)16/h1-2,4,6-8,15H,3H2,(H2,12,13,16)/i10-1. The van der Waals surface area contributed by atoms with Gasteiger partial charge >= 0.3 is 5.69 Å². The van der Waals surface area contributed by atoms with Crippen LogP contribution in [0.25, 0.3) is 0 Å². The van der Waals surface area contributed by atoms with E-state index in [-0.39, 0.29) is 5.82 Å². The maximum Gasteiger partial charge on any atom is 0.351 e. The van der Waals surface area contributed by atoms with Crippen molar-refractivity contribution in [2.75, 3.05) is 12.3 Å². The first kappa shape index (κ1) is 11.9. The summed E-state index contributed by atoms with van der Waals surface area (Å²) >= 11 is 0. The van der Waals surface area contributed by atoms with E-state index in [9.17, 15) is 13.6 Å². The molecule has 6 nitrogen and oxygen atoms in total. The van der Waals surface area contributed by atoms with Crippen molar-refractivity contribution in [3.8, 4) is 0 Å². The predicted octanol–water partition coefficient (Wildman–Crippen LogP) is -0.609. The average molecular weight is 246 g/mol. The van der Waals surface area contributed by atoms with Gasteiger partial charge in [-0.2, -0.15) is 4.98 Å². The minimum absolute atomic E-state index is 0.0184.